The SMILES string of the molecule is CCC(NC(=O)C(O)c1ccccc1)C1CCCO1. The maximum atomic E-state index is 12.1. The minimum absolute atomic E-state index is 0.0200. The van der Waals surface area contributed by atoms with Gasteiger partial charge in [-0.25, -0.2) is 0 Å². The van der Waals surface area contributed by atoms with Gasteiger partial charge >= 0.3 is 0 Å². The summed E-state index contributed by atoms with van der Waals surface area (Å²) >= 11 is 0. The second-order valence-electron chi connectivity index (χ2n) is 4.89. The molecule has 4 heteroatoms. The molecule has 1 amide bonds. The summed E-state index contributed by atoms with van der Waals surface area (Å²) in [4.78, 5) is 12.1. The first-order chi connectivity index (χ1) is 9.22. The summed E-state index contributed by atoms with van der Waals surface area (Å²) in [6, 6.07) is 8.95. The average Bonchev–Trinajstić information content (AvgIpc) is 2.98. The van der Waals surface area contributed by atoms with Crippen molar-refractivity contribution >= 4 is 5.91 Å². The first kappa shape index (κ1) is 14.0. The Hall–Kier alpha value is -1.39. The van der Waals surface area contributed by atoms with Gasteiger partial charge in [0, 0.05) is 6.61 Å². The predicted octanol–water partition coefficient (Wildman–Crippen LogP) is 1.79. The van der Waals surface area contributed by atoms with Gasteiger partial charge in [-0.15, -0.1) is 0 Å². The Morgan fingerprint density at radius 3 is 2.79 bits per heavy atom. The minimum atomic E-state index is -1.11. The number of nitrogens with one attached hydrogen (secondary N) is 1. The smallest absolute Gasteiger partial charge is 0.253 e. The van der Waals surface area contributed by atoms with Crippen LogP contribution in [0.25, 0.3) is 0 Å². The molecule has 0 bridgehead atoms. The van der Waals surface area contributed by atoms with E-state index in [4.69, 9.17) is 4.74 Å². The summed E-state index contributed by atoms with van der Waals surface area (Å²) in [6.45, 7) is 2.78. The Labute approximate surface area is 113 Å². The molecule has 0 aliphatic carbocycles. The number of aliphatic hydroxyl groups is 1. The topological polar surface area (TPSA) is 58.6 Å². The van der Waals surface area contributed by atoms with Crippen LogP contribution in [0.4, 0.5) is 0 Å². The average molecular weight is 263 g/mol. The molecule has 4 nitrogen and oxygen atoms in total. The molecular formula is C15H21NO3. The Morgan fingerprint density at radius 1 is 1.47 bits per heavy atom. The zero-order valence-corrected chi connectivity index (χ0v) is 11.2. The molecule has 1 aromatic carbocycles. The summed E-state index contributed by atoms with van der Waals surface area (Å²) in [5, 5.41) is 12.9. The molecule has 1 aliphatic heterocycles. The van der Waals surface area contributed by atoms with Gasteiger partial charge in [-0.1, -0.05) is 37.3 Å². The van der Waals surface area contributed by atoms with E-state index >= 15 is 0 Å². The van der Waals surface area contributed by atoms with E-state index in [9.17, 15) is 9.90 Å². The summed E-state index contributed by atoms with van der Waals surface area (Å²) in [7, 11) is 0. The standard InChI is InChI=1S/C15H21NO3/c1-2-12(13-9-6-10-19-13)16-15(18)14(17)11-7-4-3-5-8-11/h3-5,7-8,12-14,17H,2,6,9-10H2,1H3,(H,16,18). The van der Waals surface area contributed by atoms with Crippen LogP contribution in [-0.2, 0) is 9.53 Å². The van der Waals surface area contributed by atoms with Gasteiger partial charge in [0.25, 0.3) is 5.91 Å². The normalized spacial score (nSPS) is 21.9. The van der Waals surface area contributed by atoms with Crippen LogP contribution in [0.3, 0.4) is 0 Å². The van der Waals surface area contributed by atoms with E-state index in [0.717, 1.165) is 25.9 Å². The van der Waals surface area contributed by atoms with Crippen LogP contribution in [0.2, 0.25) is 0 Å². The number of amides is 1. The highest BCUT2D eigenvalue weighted by molar-refractivity contribution is 5.82. The summed E-state index contributed by atoms with van der Waals surface area (Å²) < 4.78 is 5.60. The number of hydrogen-bond donors (Lipinski definition) is 2. The van der Waals surface area contributed by atoms with Crippen molar-refractivity contribution in [1.82, 2.24) is 5.32 Å². The van der Waals surface area contributed by atoms with E-state index in [1.165, 1.54) is 0 Å². The van der Waals surface area contributed by atoms with Gasteiger partial charge < -0.3 is 15.2 Å². The second kappa shape index (κ2) is 6.68. The van der Waals surface area contributed by atoms with Gasteiger partial charge in [-0.3, -0.25) is 4.79 Å². The van der Waals surface area contributed by atoms with Crippen molar-refractivity contribution in [3.8, 4) is 0 Å². The lowest BCUT2D eigenvalue weighted by atomic mass is 10.0. The van der Waals surface area contributed by atoms with Crippen molar-refractivity contribution < 1.29 is 14.6 Å². The van der Waals surface area contributed by atoms with E-state index in [-0.39, 0.29) is 18.1 Å². The van der Waals surface area contributed by atoms with E-state index in [1.54, 1.807) is 12.1 Å². The molecule has 1 saturated heterocycles. The highest BCUT2D eigenvalue weighted by Gasteiger charge is 2.28. The van der Waals surface area contributed by atoms with Crippen LogP contribution in [0.1, 0.15) is 37.9 Å². The summed E-state index contributed by atoms with van der Waals surface area (Å²) in [6.07, 6.45) is 1.78. The highest BCUT2D eigenvalue weighted by Crippen LogP contribution is 2.19. The van der Waals surface area contributed by atoms with Gasteiger partial charge in [0.15, 0.2) is 6.10 Å². The maximum absolute atomic E-state index is 12.1. The molecule has 104 valence electrons. The fraction of sp³-hybridized carbons (Fsp3) is 0.533. The van der Waals surface area contributed by atoms with Crippen LogP contribution in [0.5, 0.6) is 0 Å². The Kier molecular flexibility index (Phi) is 4.93. The third-order valence-electron chi connectivity index (χ3n) is 3.54. The zero-order chi connectivity index (χ0) is 13.7. The molecule has 2 N–H and O–H groups in total. The van der Waals surface area contributed by atoms with E-state index in [1.807, 2.05) is 25.1 Å². The van der Waals surface area contributed by atoms with Crippen molar-refractivity contribution in [3.05, 3.63) is 35.9 Å². The van der Waals surface area contributed by atoms with Crippen molar-refractivity contribution in [1.29, 1.82) is 0 Å². The van der Waals surface area contributed by atoms with E-state index in [0.29, 0.717) is 5.56 Å². The molecule has 0 spiro atoms. The first-order valence-electron chi connectivity index (χ1n) is 6.87. The van der Waals surface area contributed by atoms with Crippen molar-refractivity contribution in [2.75, 3.05) is 6.61 Å². The number of aliphatic hydroxyl groups excluding tert-OH is 1. The molecule has 1 fully saturated rings. The van der Waals surface area contributed by atoms with Gasteiger partial charge in [-0.05, 0) is 24.8 Å². The number of carbonyl (C=O) groups excluding carboxylic acids is 1. The maximum Gasteiger partial charge on any atom is 0.253 e. The quantitative estimate of drug-likeness (QED) is 0.851. The fourth-order valence-electron chi connectivity index (χ4n) is 2.43. The van der Waals surface area contributed by atoms with Crippen LogP contribution in [0.15, 0.2) is 30.3 Å². The third kappa shape index (κ3) is 3.55. The van der Waals surface area contributed by atoms with Crippen molar-refractivity contribution in [3.63, 3.8) is 0 Å². The highest BCUT2D eigenvalue weighted by atomic mass is 16.5. The zero-order valence-electron chi connectivity index (χ0n) is 11.2. The number of carbonyl (C=O) groups is 1. The molecule has 1 aliphatic rings. The number of benzene rings is 1. The van der Waals surface area contributed by atoms with E-state index in [2.05, 4.69) is 5.32 Å². The lowest BCUT2D eigenvalue weighted by molar-refractivity contribution is -0.131. The van der Waals surface area contributed by atoms with Crippen LogP contribution < -0.4 is 5.32 Å². The second-order valence-corrected chi connectivity index (χ2v) is 4.89. The summed E-state index contributed by atoms with van der Waals surface area (Å²) in [5.41, 5.74) is 0.613. The Bertz CT molecular complexity index is 401. The third-order valence-corrected chi connectivity index (χ3v) is 3.54. The molecule has 2 rings (SSSR count). The lowest BCUT2D eigenvalue weighted by Gasteiger charge is -2.24. The number of rotatable bonds is 5. The van der Waals surface area contributed by atoms with Crippen LogP contribution in [0, 0.1) is 0 Å². The molecule has 0 aromatic heterocycles. The van der Waals surface area contributed by atoms with Crippen molar-refractivity contribution in [2.24, 2.45) is 0 Å². The van der Waals surface area contributed by atoms with Crippen molar-refractivity contribution in [2.45, 2.75) is 44.4 Å². The largest absolute Gasteiger partial charge is 0.378 e. The first-order valence-corrected chi connectivity index (χ1v) is 6.87. The lowest BCUT2D eigenvalue weighted by Crippen LogP contribution is -2.44. The van der Waals surface area contributed by atoms with Crippen LogP contribution >= 0.6 is 0 Å². The van der Waals surface area contributed by atoms with Crippen LogP contribution in [-0.4, -0.2) is 29.8 Å². The molecule has 0 saturated carbocycles. The van der Waals surface area contributed by atoms with Gasteiger partial charge in [0.1, 0.15) is 0 Å². The molecule has 3 atom stereocenters. The predicted molar refractivity (Wildman–Crippen MR) is 72.6 cm³/mol. The molecule has 0 radical (unpaired) electrons. The van der Waals surface area contributed by atoms with Gasteiger partial charge in [-0.2, -0.15) is 0 Å². The summed E-state index contributed by atoms with van der Waals surface area (Å²) in [5.74, 6) is -0.353. The monoisotopic (exact) mass is 263 g/mol. The van der Waals surface area contributed by atoms with E-state index < -0.39 is 6.10 Å². The molecule has 3 unspecified atom stereocenters. The van der Waals surface area contributed by atoms with Gasteiger partial charge in [0.05, 0.1) is 12.1 Å². The Balaban J connectivity index is 1.95. The number of ether oxygens (including phenoxy) is 1. The number of hydrogen-bond acceptors (Lipinski definition) is 3. The Morgan fingerprint density at radius 2 is 2.21 bits per heavy atom. The fourth-order valence-corrected chi connectivity index (χ4v) is 2.43. The molecule has 1 aromatic rings. The molecule has 19 heavy (non-hydrogen) atoms. The molecular weight excluding hydrogens is 242 g/mol. The minimum Gasteiger partial charge on any atom is -0.378 e. The van der Waals surface area contributed by atoms with Gasteiger partial charge in [0.2, 0.25) is 0 Å². The molecule has 1 heterocycles.